The molecule has 0 fully saturated rings. The first-order chi connectivity index (χ1) is 7.15. The summed E-state index contributed by atoms with van der Waals surface area (Å²) in [6.07, 6.45) is 0.664. The molecule has 0 saturated carbocycles. The summed E-state index contributed by atoms with van der Waals surface area (Å²) in [6.45, 7) is 3.96. The van der Waals surface area contributed by atoms with Gasteiger partial charge in [-0.2, -0.15) is 0 Å². The number of aryl methyl sites for hydroxylation is 1. The third-order valence-electron chi connectivity index (χ3n) is 2.16. The predicted octanol–water partition coefficient (Wildman–Crippen LogP) is 1.22. The highest BCUT2D eigenvalue weighted by molar-refractivity contribution is 5.74. The topological polar surface area (TPSA) is 64.7 Å². The molecule has 1 unspecified atom stereocenters. The van der Waals surface area contributed by atoms with Gasteiger partial charge in [-0.25, -0.2) is 4.98 Å². The van der Waals surface area contributed by atoms with Crippen molar-refractivity contribution < 1.29 is 0 Å². The van der Waals surface area contributed by atoms with E-state index in [1.807, 2.05) is 32.0 Å². The van der Waals surface area contributed by atoms with Gasteiger partial charge in [0.1, 0.15) is 5.52 Å². The van der Waals surface area contributed by atoms with E-state index in [0.717, 1.165) is 11.0 Å². The number of hydrogen-bond acceptors (Lipinski definition) is 4. The number of fused-ring (bicyclic) bond motifs is 1. The van der Waals surface area contributed by atoms with E-state index in [1.54, 1.807) is 0 Å². The van der Waals surface area contributed by atoms with Crippen LogP contribution in [0, 0.1) is 6.92 Å². The van der Waals surface area contributed by atoms with Crippen LogP contribution in [0.3, 0.4) is 0 Å². The lowest BCUT2D eigenvalue weighted by Gasteiger charge is -2.03. The standard InChI is InChI=1S/C11H14N4/c1-7-3-4-9-10(5-7)14-15-11(13-9)6-8(2)12/h3-5,8H,6,12H2,1-2H3. The first-order valence-electron chi connectivity index (χ1n) is 5.00. The summed E-state index contributed by atoms with van der Waals surface area (Å²) < 4.78 is 0. The maximum atomic E-state index is 5.68. The molecule has 0 radical (unpaired) electrons. The molecule has 0 saturated heterocycles. The lowest BCUT2D eigenvalue weighted by atomic mass is 10.2. The number of nitrogens with two attached hydrogens (primary N) is 1. The van der Waals surface area contributed by atoms with Gasteiger partial charge in [-0.15, -0.1) is 10.2 Å². The molecule has 1 aromatic carbocycles. The number of hydrogen-bond donors (Lipinski definition) is 1. The zero-order valence-electron chi connectivity index (χ0n) is 8.94. The van der Waals surface area contributed by atoms with E-state index < -0.39 is 0 Å². The monoisotopic (exact) mass is 202 g/mol. The second-order valence-corrected chi connectivity index (χ2v) is 3.90. The molecule has 4 nitrogen and oxygen atoms in total. The minimum Gasteiger partial charge on any atom is -0.328 e. The zero-order valence-corrected chi connectivity index (χ0v) is 8.94. The molecule has 1 heterocycles. The molecule has 2 aromatic rings. The van der Waals surface area contributed by atoms with E-state index in [0.29, 0.717) is 12.2 Å². The molecule has 1 aromatic heterocycles. The smallest absolute Gasteiger partial charge is 0.153 e. The van der Waals surface area contributed by atoms with Gasteiger partial charge in [0, 0.05) is 12.5 Å². The predicted molar refractivity (Wildman–Crippen MR) is 59.4 cm³/mol. The molecule has 2 N–H and O–H groups in total. The van der Waals surface area contributed by atoms with Crippen molar-refractivity contribution >= 4 is 11.0 Å². The Morgan fingerprint density at radius 2 is 2.07 bits per heavy atom. The third kappa shape index (κ3) is 2.27. The van der Waals surface area contributed by atoms with Gasteiger partial charge in [0.15, 0.2) is 5.82 Å². The van der Waals surface area contributed by atoms with E-state index in [9.17, 15) is 0 Å². The molecule has 0 aliphatic rings. The van der Waals surface area contributed by atoms with Crippen molar-refractivity contribution in [3.05, 3.63) is 29.6 Å². The Bertz CT molecular complexity index is 479. The van der Waals surface area contributed by atoms with Crippen molar-refractivity contribution in [1.82, 2.24) is 15.2 Å². The van der Waals surface area contributed by atoms with Gasteiger partial charge >= 0.3 is 0 Å². The highest BCUT2D eigenvalue weighted by Gasteiger charge is 2.04. The van der Waals surface area contributed by atoms with E-state index >= 15 is 0 Å². The van der Waals surface area contributed by atoms with Crippen LogP contribution >= 0.6 is 0 Å². The third-order valence-corrected chi connectivity index (χ3v) is 2.16. The fourth-order valence-electron chi connectivity index (χ4n) is 1.46. The van der Waals surface area contributed by atoms with E-state index in [-0.39, 0.29) is 6.04 Å². The maximum Gasteiger partial charge on any atom is 0.153 e. The molecule has 1 atom stereocenters. The van der Waals surface area contributed by atoms with Crippen molar-refractivity contribution in [2.24, 2.45) is 5.73 Å². The molecule has 78 valence electrons. The minimum absolute atomic E-state index is 0.0645. The molecule has 2 rings (SSSR count). The number of benzene rings is 1. The molecular formula is C11H14N4. The number of rotatable bonds is 2. The normalized spacial score (nSPS) is 13.0. The van der Waals surface area contributed by atoms with Crippen molar-refractivity contribution in [3.63, 3.8) is 0 Å². The van der Waals surface area contributed by atoms with Crippen LogP contribution in [-0.2, 0) is 6.42 Å². The van der Waals surface area contributed by atoms with Gasteiger partial charge in [0.25, 0.3) is 0 Å². The fourth-order valence-corrected chi connectivity index (χ4v) is 1.46. The van der Waals surface area contributed by atoms with Crippen LogP contribution in [-0.4, -0.2) is 21.2 Å². The molecule has 0 aliphatic heterocycles. The summed E-state index contributed by atoms with van der Waals surface area (Å²) in [5.74, 6) is 0.710. The van der Waals surface area contributed by atoms with Gasteiger partial charge < -0.3 is 5.73 Å². The summed E-state index contributed by atoms with van der Waals surface area (Å²) in [6, 6.07) is 6.02. The lowest BCUT2D eigenvalue weighted by Crippen LogP contribution is -2.19. The quantitative estimate of drug-likeness (QED) is 0.795. The average Bonchev–Trinajstić information content (AvgIpc) is 2.17. The Morgan fingerprint density at radius 1 is 1.27 bits per heavy atom. The van der Waals surface area contributed by atoms with E-state index in [2.05, 4.69) is 15.2 Å². The summed E-state index contributed by atoms with van der Waals surface area (Å²) >= 11 is 0. The van der Waals surface area contributed by atoms with Crippen LogP contribution in [0.4, 0.5) is 0 Å². The Morgan fingerprint density at radius 3 is 2.80 bits per heavy atom. The fraction of sp³-hybridized carbons (Fsp3) is 0.364. The Kier molecular flexibility index (Phi) is 2.60. The molecular weight excluding hydrogens is 188 g/mol. The maximum absolute atomic E-state index is 5.68. The summed E-state index contributed by atoms with van der Waals surface area (Å²) in [4.78, 5) is 4.40. The Balaban J connectivity index is 2.43. The minimum atomic E-state index is 0.0645. The van der Waals surface area contributed by atoms with Crippen LogP contribution in [0.15, 0.2) is 18.2 Å². The highest BCUT2D eigenvalue weighted by Crippen LogP contribution is 2.10. The van der Waals surface area contributed by atoms with Crippen molar-refractivity contribution in [3.8, 4) is 0 Å². The largest absolute Gasteiger partial charge is 0.328 e. The second kappa shape index (κ2) is 3.90. The first-order valence-corrected chi connectivity index (χ1v) is 5.00. The van der Waals surface area contributed by atoms with Gasteiger partial charge in [0.05, 0.1) is 5.52 Å². The molecule has 0 amide bonds. The molecule has 4 heteroatoms. The van der Waals surface area contributed by atoms with Crippen LogP contribution in [0.25, 0.3) is 11.0 Å². The summed E-state index contributed by atoms with van der Waals surface area (Å²) in [5.41, 5.74) is 8.57. The van der Waals surface area contributed by atoms with Crippen LogP contribution in [0.1, 0.15) is 18.3 Å². The van der Waals surface area contributed by atoms with Gasteiger partial charge in [-0.1, -0.05) is 6.07 Å². The van der Waals surface area contributed by atoms with Gasteiger partial charge in [0.2, 0.25) is 0 Å². The van der Waals surface area contributed by atoms with Crippen molar-refractivity contribution in [1.29, 1.82) is 0 Å². The molecule has 0 aliphatic carbocycles. The Labute approximate surface area is 88.5 Å². The number of nitrogens with zero attached hydrogens (tertiary/aromatic N) is 3. The van der Waals surface area contributed by atoms with Gasteiger partial charge in [-0.3, -0.25) is 0 Å². The summed E-state index contributed by atoms with van der Waals surface area (Å²) in [5, 5.41) is 8.17. The van der Waals surface area contributed by atoms with Crippen molar-refractivity contribution in [2.75, 3.05) is 0 Å². The average molecular weight is 202 g/mol. The lowest BCUT2D eigenvalue weighted by molar-refractivity contribution is 0.692. The zero-order chi connectivity index (χ0) is 10.8. The van der Waals surface area contributed by atoms with Crippen LogP contribution in [0.2, 0.25) is 0 Å². The molecule has 15 heavy (non-hydrogen) atoms. The SMILES string of the molecule is Cc1ccc2nc(CC(C)N)nnc2c1. The highest BCUT2D eigenvalue weighted by atomic mass is 15.1. The van der Waals surface area contributed by atoms with Gasteiger partial charge in [-0.05, 0) is 31.5 Å². The van der Waals surface area contributed by atoms with E-state index in [4.69, 9.17) is 5.73 Å². The second-order valence-electron chi connectivity index (χ2n) is 3.90. The van der Waals surface area contributed by atoms with Crippen LogP contribution in [0.5, 0.6) is 0 Å². The Hall–Kier alpha value is -1.55. The summed E-state index contributed by atoms with van der Waals surface area (Å²) in [7, 11) is 0. The van der Waals surface area contributed by atoms with E-state index in [1.165, 1.54) is 5.56 Å². The number of aromatic nitrogens is 3. The molecule has 0 spiro atoms. The van der Waals surface area contributed by atoms with Crippen molar-refractivity contribution in [2.45, 2.75) is 26.3 Å². The van der Waals surface area contributed by atoms with Crippen LogP contribution < -0.4 is 5.73 Å². The first kappa shape index (κ1) is 9.98. The molecule has 0 bridgehead atoms.